The van der Waals surface area contributed by atoms with Crippen LogP contribution in [0.25, 0.3) is 11.6 Å². The van der Waals surface area contributed by atoms with E-state index in [-0.39, 0.29) is 0 Å². The second kappa shape index (κ2) is 3.10. The quantitative estimate of drug-likeness (QED) is 0.703. The normalized spacial score (nSPS) is 10.4. The maximum atomic E-state index is 5.73. The van der Waals surface area contributed by atoms with Gasteiger partial charge in [0.2, 0.25) is 0 Å². The van der Waals surface area contributed by atoms with Crippen molar-refractivity contribution in [3.8, 4) is 11.6 Å². The number of aromatic nitrogens is 4. The largest absolute Gasteiger partial charge is 0.383 e. The van der Waals surface area contributed by atoms with Crippen molar-refractivity contribution >= 4 is 5.82 Å². The van der Waals surface area contributed by atoms with Gasteiger partial charge in [0, 0.05) is 23.7 Å². The van der Waals surface area contributed by atoms with Crippen LogP contribution in [0.5, 0.6) is 0 Å². The third-order valence-electron chi connectivity index (χ3n) is 2.14. The van der Waals surface area contributed by atoms with Crippen molar-refractivity contribution in [1.82, 2.24) is 19.9 Å². The molecule has 0 unspecified atom stereocenters. The van der Waals surface area contributed by atoms with Gasteiger partial charge in [0.1, 0.15) is 5.82 Å². The maximum Gasteiger partial charge on any atom is 0.197 e. The fourth-order valence-corrected chi connectivity index (χ4v) is 1.14. The Balaban J connectivity index is 2.57. The van der Waals surface area contributed by atoms with E-state index in [0.29, 0.717) is 17.5 Å². The van der Waals surface area contributed by atoms with Crippen LogP contribution in [0.1, 0.15) is 11.3 Å². The molecule has 0 radical (unpaired) electrons. The molecule has 14 heavy (non-hydrogen) atoms. The zero-order chi connectivity index (χ0) is 10.1. The van der Waals surface area contributed by atoms with Crippen LogP contribution in [-0.4, -0.2) is 19.9 Å². The first-order valence-electron chi connectivity index (χ1n) is 4.29. The lowest BCUT2D eigenvalue weighted by Gasteiger charge is -2.04. The van der Waals surface area contributed by atoms with Gasteiger partial charge in [-0.3, -0.25) is 0 Å². The van der Waals surface area contributed by atoms with E-state index in [9.17, 15) is 0 Å². The van der Waals surface area contributed by atoms with E-state index in [1.54, 1.807) is 12.4 Å². The second-order valence-electron chi connectivity index (χ2n) is 3.08. The molecular formula is C9H11N5. The van der Waals surface area contributed by atoms with Gasteiger partial charge >= 0.3 is 0 Å². The SMILES string of the molecule is Cc1nc(-c2ncc[nH]2)nc(N)c1C. The van der Waals surface area contributed by atoms with Gasteiger partial charge in [0.15, 0.2) is 11.6 Å². The summed E-state index contributed by atoms with van der Waals surface area (Å²) in [5, 5.41) is 0. The Bertz CT molecular complexity index is 423. The van der Waals surface area contributed by atoms with Gasteiger partial charge < -0.3 is 10.7 Å². The van der Waals surface area contributed by atoms with E-state index >= 15 is 0 Å². The monoisotopic (exact) mass is 189 g/mol. The van der Waals surface area contributed by atoms with Crippen molar-refractivity contribution in [2.24, 2.45) is 0 Å². The summed E-state index contributed by atoms with van der Waals surface area (Å²) in [7, 11) is 0. The third-order valence-corrected chi connectivity index (χ3v) is 2.14. The van der Waals surface area contributed by atoms with Crippen molar-refractivity contribution in [2.45, 2.75) is 13.8 Å². The molecular weight excluding hydrogens is 178 g/mol. The molecule has 3 N–H and O–H groups in total. The molecule has 2 aromatic rings. The Hall–Kier alpha value is -1.91. The lowest BCUT2D eigenvalue weighted by molar-refractivity contribution is 1.05. The van der Waals surface area contributed by atoms with Gasteiger partial charge in [0.25, 0.3) is 0 Å². The van der Waals surface area contributed by atoms with Gasteiger partial charge in [-0.2, -0.15) is 0 Å². The predicted octanol–water partition coefficient (Wildman–Crippen LogP) is 1.07. The molecule has 0 atom stereocenters. The number of nitrogens with zero attached hydrogens (tertiary/aromatic N) is 3. The summed E-state index contributed by atoms with van der Waals surface area (Å²) in [5.74, 6) is 1.68. The predicted molar refractivity (Wildman–Crippen MR) is 53.5 cm³/mol. The molecule has 0 saturated heterocycles. The lowest BCUT2D eigenvalue weighted by Crippen LogP contribution is -2.02. The molecule has 0 spiro atoms. The van der Waals surface area contributed by atoms with Gasteiger partial charge in [-0.05, 0) is 13.8 Å². The number of nitrogen functional groups attached to an aromatic ring is 1. The summed E-state index contributed by atoms with van der Waals surface area (Å²) in [6.45, 7) is 3.80. The van der Waals surface area contributed by atoms with Crippen LogP contribution in [0.4, 0.5) is 5.82 Å². The number of nitrogens with two attached hydrogens (primary N) is 1. The molecule has 5 heteroatoms. The fourth-order valence-electron chi connectivity index (χ4n) is 1.14. The Labute approximate surface area is 81.4 Å². The van der Waals surface area contributed by atoms with E-state index in [1.165, 1.54) is 0 Å². The first kappa shape index (κ1) is 8.68. The summed E-state index contributed by atoms with van der Waals surface area (Å²) in [5.41, 5.74) is 7.53. The van der Waals surface area contributed by atoms with Crippen molar-refractivity contribution in [3.63, 3.8) is 0 Å². The molecule has 5 nitrogen and oxygen atoms in total. The molecule has 0 aliphatic carbocycles. The Morgan fingerprint density at radius 3 is 2.64 bits per heavy atom. The molecule has 0 bridgehead atoms. The summed E-state index contributed by atoms with van der Waals surface area (Å²) in [4.78, 5) is 15.4. The molecule has 2 aromatic heterocycles. The molecule has 0 aromatic carbocycles. The van der Waals surface area contributed by atoms with E-state index in [1.807, 2.05) is 13.8 Å². The highest BCUT2D eigenvalue weighted by atomic mass is 15.0. The highest BCUT2D eigenvalue weighted by Crippen LogP contribution is 2.16. The van der Waals surface area contributed by atoms with Gasteiger partial charge in [-0.15, -0.1) is 0 Å². The van der Waals surface area contributed by atoms with Crippen LogP contribution < -0.4 is 5.73 Å². The average Bonchev–Trinajstić information content (AvgIpc) is 2.66. The molecule has 72 valence electrons. The van der Waals surface area contributed by atoms with E-state index in [4.69, 9.17) is 5.73 Å². The third kappa shape index (κ3) is 1.32. The molecule has 2 rings (SSSR count). The van der Waals surface area contributed by atoms with Gasteiger partial charge in [-0.25, -0.2) is 15.0 Å². The van der Waals surface area contributed by atoms with Crippen molar-refractivity contribution in [3.05, 3.63) is 23.7 Å². The Morgan fingerprint density at radius 2 is 2.07 bits per heavy atom. The number of imidazole rings is 1. The Kier molecular flexibility index (Phi) is 1.92. The molecule has 2 heterocycles. The van der Waals surface area contributed by atoms with Crippen molar-refractivity contribution in [2.75, 3.05) is 5.73 Å². The minimum atomic E-state index is 0.504. The van der Waals surface area contributed by atoms with E-state index in [2.05, 4.69) is 19.9 Å². The summed E-state index contributed by atoms with van der Waals surface area (Å²) < 4.78 is 0. The summed E-state index contributed by atoms with van der Waals surface area (Å²) in [6, 6.07) is 0. The summed E-state index contributed by atoms with van der Waals surface area (Å²) >= 11 is 0. The average molecular weight is 189 g/mol. The smallest absolute Gasteiger partial charge is 0.197 e. The standard InChI is InChI=1S/C9H11N5/c1-5-6(2)13-9(14-7(5)10)8-11-3-4-12-8/h3-4H,1-2H3,(H,11,12)(H2,10,13,14). The van der Waals surface area contributed by atoms with Crippen LogP contribution >= 0.6 is 0 Å². The minimum absolute atomic E-state index is 0.504. The molecule has 0 saturated carbocycles. The van der Waals surface area contributed by atoms with Crippen LogP contribution in [0.15, 0.2) is 12.4 Å². The zero-order valence-electron chi connectivity index (χ0n) is 8.07. The highest BCUT2D eigenvalue weighted by molar-refractivity contribution is 5.51. The molecule has 0 aliphatic heterocycles. The number of hydrogen-bond acceptors (Lipinski definition) is 4. The molecule has 0 fully saturated rings. The lowest BCUT2D eigenvalue weighted by atomic mass is 10.2. The van der Waals surface area contributed by atoms with Crippen molar-refractivity contribution < 1.29 is 0 Å². The number of anilines is 1. The first-order chi connectivity index (χ1) is 6.68. The zero-order valence-corrected chi connectivity index (χ0v) is 8.07. The van der Waals surface area contributed by atoms with Crippen LogP contribution in [0.2, 0.25) is 0 Å². The topological polar surface area (TPSA) is 80.5 Å². The van der Waals surface area contributed by atoms with Crippen LogP contribution in [0, 0.1) is 13.8 Å². The number of rotatable bonds is 1. The van der Waals surface area contributed by atoms with Crippen LogP contribution in [0.3, 0.4) is 0 Å². The molecule has 0 aliphatic rings. The molecule has 0 amide bonds. The van der Waals surface area contributed by atoms with E-state index < -0.39 is 0 Å². The number of H-pyrrole nitrogens is 1. The maximum absolute atomic E-state index is 5.73. The van der Waals surface area contributed by atoms with Gasteiger partial charge in [-0.1, -0.05) is 0 Å². The first-order valence-corrected chi connectivity index (χ1v) is 4.29. The fraction of sp³-hybridized carbons (Fsp3) is 0.222. The highest BCUT2D eigenvalue weighted by Gasteiger charge is 2.08. The number of aromatic amines is 1. The number of nitrogens with one attached hydrogen (secondary N) is 1. The van der Waals surface area contributed by atoms with Crippen LogP contribution in [-0.2, 0) is 0 Å². The second-order valence-corrected chi connectivity index (χ2v) is 3.08. The van der Waals surface area contributed by atoms with Gasteiger partial charge in [0.05, 0.1) is 0 Å². The summed E-state index contributed by atoms with van der Waals surface area (Å²) in [6.07, 6.45) is 3.38. The minimum Gasteiger partial charge on any atom is -0.383 e. The van der Waals surface area contributed by atoms with Crippen molar-refractivity contribution in [1.29, 1.82) is 0 Å². The number of hydrogen-bond donors (Lipinski definition) is 2. The number of aryl methyl sites for hydroxylation is 1. The Morgan fingerprint density at radius 1 is 1.29 bits per heavy atom. The van der Waals surface area contributed by atoms with E-state index in [0.717, 1.165) is 11.3 Å².